The van der Waals surface area contributed by atoms with E-state index in [-0.39, 0.29) is 11.9 Å². The Morgan fingerprint density at radius 3 is 2.70 bits per heavy atom. The number of anilines is 1. The van der Waals surface area contributed by atoms with Crippen LogP contribution in [0.1, 0.15) is 28.9 Å². The number of hydrogen-bond acceptors (Lipinski definition) is 2. The van der Waals surface area contributed by atoms with Gasteiger partial charge in [0, 0.05) is 15.2 Å². The number of benzene rings is 2. The van der Waals surface area contributed by atoms with Gasteiger partial charge in [-0.25, -0.2) is 0 Å². The Labute approximate surface area is 131 Å². The van der Waals surface area contributed by atoms with Gasteiger partial charge in [-0.1, -0.05) is 39.7 Å². The molecule has 0 aliphatic heterocycles. The van der Waals surface area contributed by atoms with E-state index in [1.54, 1.807) is 18.2 Å². The quantitative estimate of drug-likeness (QED) is 0.813. The summed E-state index contributed by atoms with van der Waals surface area (Å²) in [6.45, 7) is 1.92. The Balaban J connectivity index is 2.15. The number of hydrogen-bond donors (Lipinski definition) is 2. The fraction of sp³-hybridized carbons (Fsp3) is 0.133. The molecule has 2 rings (SSSR count). The topological polar surface area (TPSA) is 55.1 Å². The lowest BCUT2D eigenvalue weighted by Crippen LogP contribution is -2.27. The number of carbonyl (C=O) groups is 1. The van der Waals surface area contributed by atoms with Crippen LogP contribution in [0.15, 0.2) is 46.9 Å². The molecule has 5 heteroatoms. The fourth-order valence-electron chi connectivity index (χ4n) is 1.87. The summed E-state index contributed by atoms with van der Waals surface area (Å²) in [4.78, 5) is 12.2. The van der Waals surface area contributed by atoms with Gasteiger partial charge < -0.3 is 11.1 Å². The number of halogens is 2. The summed E-state index contributed by atoms with van der Waals surface area (Å²) < 4.78 is 0.974. The molecule has 2 aromatic carbocycles. The maximum atomic E-state index is 12.2. The van der Waals surface area contributed by atoms with Gasteiger partial charge >= 0.3 is 0 Å². The predicted octanol–water partition coefficient (Wildman–Crippen LogP) is 4.18. The van der Waals surface area contributed by atoms with E-state index >= 15 is 0 Å². The van der Waals surface area contributed by atoms with Gasteiger partial charge in [-0.05, 0) is 42.8 Å². The highest BCUT2D eigenvalue weighted by Crippen LogP contribution is 2.21. The minimum atomic E-state index is -0.216. The van der Waals surface area contributed by atoms with Crippen molar-refractivity contribution in [3.8, 4) is 0 Å². The molecule has 0 unspecified atom stereocenters. The normalized spacial score (nSPS) is 11.9. The van der Waals surface area contributed by atoms with Gasteiger partial charge in [0.15, 0.2) is 0 Å². The van der Waals surface area contributed by atoms with E-state index in [1.165, 1.54) is 0 Å². The number of nitrogens with two attached hydrogens (primary N) is 1. The number of rotatable bonds is 3. The second kappa shape index (κ2) is 6.29. The molecule has 0 heterocycles. The third-order valence-electron chi connectivity index (χ3n) is 2.95. The van der Waals surface area contributed by atoms with Crippen molar-refractivity contribution in [2.45, 2.75) is 13.0 Å². The highest BCUT2D eigenvalue weighted by atomic mass is 79.9. The monoisotopic (exact) mass is 352 g/mol. The first kappa shape index (κ1) is 14.9. The molecular weight excluding hydrogens is 340 g/mol. The van der Waals surface area contributed by atoms with Gasteiger partial charge in [0.25, 0.3) is 5.91 Å². The van der Waals surface area contributed by atoms with Gasteiger partial charge in [-0.2, -0.15) is 0 Å². The third kappa shape index (κ3) is 3.52. The van der Waals surface area contributed by atoms with Crippen molar-refractivity contribution in [1.29, 1.82) is 0 Å². The highest BCUT2D eigenvalue weighted by molar-refractivity contribution is 9.10. The van der Waals surface area contributed by atoms with E-state index in [2.05, 4.69) is 21.2 Å². The van der Waals surface area contributed by atoms with E-state index in [1.807, 2.05) is 31.2 Å². The van der Waals surface area contributed by atoms with E-state index in [0.717, 1.165) is 10.0 Å². The summed E-state index contributed by atoms with van der Waals surface area (Å²) in [5.74, 6) is -0.216. The zero-order valence-corrected chi connectivity index (χ0v) is 13.2. The third-order valence-corrected chi connectivity index (χ3v) is 3.68. The molecule has 0 aliphatic rings. The largest absolute Gasteiger partial charge is 0.398 e. The molecule has 0 bridgehead atoms. The summed E-state index contributed by atoms with van der Waals surface area (Å²) in [5.41, 5.74) is 7.62. The SMILES string of the molecule is C[C@H](NC(=O)c1ccc(Cl)cc1N)c1cccc(Br)c1. The van der Waals surface area contributed by atoms with Gasteiger partial charge in [0.2, 0.25) is 0 Å². The molecule has 20 heavy (non-hydrogen) atoms. The summed E-state index contributed by atoms with van der Waals surface area (Å²) >= 11 is 9.24. The smallest absolute Gasteiger partial charge is 0.253 e. The van der Waals surface area contributed by atoms with Crippen molar-refractivity contribution < 1.29 is 4.79 Å². The van der Waals surface area contributed by atoms with Crippen molar-refractivity contribution in [2.75, 3.05) is 5.73 Å². The molecular formula is C15H14BrClN2O. The lowest BCUT2D eigenvalue weighted by Gasteiger charge is -2.15. The lowest BCUT2D eigenvalue weighted by molar-refractivity contribution is 0.0941. The standard InChI is InChI=1S/C15H14BrClN2O/c1-9(10-3-2-4-11(16)7-10)19-15(20)13-6-5-12(17)8-14(13)18/h2-9H,18H2,1H3,(H,19,20)/t9-/m0/s1. The average molecular weight is 354 g/mol. The van der Waals surface area contributed by atoms with E-state index in [0.29, 0.717) is 16.3 Å². The first-order valence-electron chi connectivity index (χ1n) is 6.08. The molecule has 0 radical (unpaired) electrons. The molecule has 104 valence electrons. The molecule has 0 saturated heterocycles. The molecule has 3 N–H and O–H groups in total. The molecule has 1 atom stereocenters. The van der Waals surface area contributed by atoms with Crippen LogP contribution >= 0.6 is 27.5 Å². The van der Waals surface area contributed by atoms with Crippen LogP contribution in [0, 0.1) is 0 Å². The summed E-state index contributed by atoms with van der Waals surface area (Å²) in [6, 6.07) is 12.5. The predicted molar refractivity (Wildman–Crippen MR) is 85.9 cm³/mol. The Hall–Kier alpha value is -1.52. The first-order valence-corrected chi connectivity index (χ1v) is 7.26. The van der Waals surface area contributed by atoms with Crippen LogP contribution in [0.3, 0.4) is 0 Å². The van der Waals surface area contributed by atoms with Crippen LogP contribution in [0.25, 0.3) is 0 Å². The number of nitrogen functional groups attached to an aromatic ring is 1. The van der Waals surface area contributed by atoms with Crippen LogP contribution in [0.4, 0.5) is 5.69 Å². The second-order valence-corrected chi connectivity index (χ2v) is 5.83. The maximum Gasteiger partial charge on any atom is 0.253 e. The van der Waals surface area contributed by atoms with Gasteiger partial charge in [0.05, 0.1) is 11.6 Å². The highest BCUT2D eigenvalue weighted by Gasteiger charge is 2.14. The fourth-order valence-corrected chi connectivity index (χ4v) is 2.47. The summed E-state index contributed by atoms with van der Waals surface area (Å²) in [6.07, 6.45) is 0. The minimum Gasteiger partial charge on any atom is -0.398 e. The molecule has 0 aliphatic carbocycles. The summed E-state index contributed by atoms with van der Waals surface area (Å²) in [5, 5.41) is 3.43. The Bertz CT molecular complexity index is 646. The average Bonchev–Trinajstić information content (AvgIpc) is 2.38. The minimum absolute atomic E-state index is 0.116. The number of carbonyl (C=O) groups excluding carboxylic acids is 1. The lowest BCUT2D eigenvalue weighted by atomic mass is 10.1. The van der Waals surface area contributed by atoms with Crippen molar-refractivity contribution in [2.24, 2.45) is 0 Å². The van der Waals surface area contributed by atoms with Crippen molar-refractivity contribution in [3.63, 3.8) is 0 Å². The first-order chi connectivity index (χ1) is 9.47. The number of amides is 1. The number of nitrogens with one attached hydrogen (secondary N) is 1. The Kier molecular flexibility index (Phi) is 4.68. The van der Waals surface area contributed by atoms with E-state index in [4.69, 9.17) is 17.3 Å². The van der Waals surface area contributed by atoms with Crippen LogP contribution in [-0.2, 0) is 0 Å². The van der Waals surface area contributed by atoms with Gasteiger partial charge in [-0.15, -0.1) is 0 Å². The van der Waals surface area contributed by atoms with Crippen LogP contribution in [-0.4, -0.2) is 5.91 Å². The van der Waals surface area contributed by atoms with Crippen LogP contribution in [0.5, 0.6) is 0 Å². The molecule has 2 aromatic rings. The molecule has 3 nitrogen and oxygen atoms in total. The second-order valence-electron chi connectivity index (χ2n) is 4.48. The van der Waals surface area contributed by atoms with Gasteiger partial charge in [-0.3, -0.25) is 4.79 Å². The Morgan fingerprint density at radius 2 is 2.05 bits per heavy atom. The van der Waals surface area contributed by atoms with Crippen molar-refractivity contribution >= 4 is 39.1 Å². The van der Waals surface area contributed by atoms with Crippen LogP contribution < -0.4 is 11.1 Å². The molecule has 0 aromatic heterocycles. The maximum absolute atomic E-state index is 12.2. The Morgan fingerprint density at radius 1 is 1.30 bits per heavy atom. The zero-order chi connectivity index (χ0) is 14.7. The van der Waals surface area contributed by atoms with Crippen molar-refractivity contribution in [3.05, 3.63) is 63.1 Å². The van der Waals surface area contributed by atoms with E-state index in [9.17, 15) is 4.79 Å². The molecule has 1 amide bonds. The summed E-state index contributed by atoms with van der Waals surface area (Å²) in [7, 11) is 0. The van der Waals surface area contributed by atoms with Crippen LogP contribution in [0.2, 0.25) is 5.02 Å². The zero-order valence-electron chi connectivity index (χ0n) is 10.9. The van der Waals surface area contributed by atoms with Gasteiger partial charge in [0.1, 0.15) is 0 Å². The van der Waals surface area contributed by atoms with Crippen molar-refractivity contribution in [1.82, 2.24) is 5.32 Å². The molecule has 0 saturated carbocycles. The van der Waals surface area contributed by atoms with E-state index < -0.39 is 0 Å². The molecule has 0 fully saturated rings. The molecule has 0 spiro atoms.